The van der Waals surface area contributed by atoms with Gasteiger partial charge in [-0.2, -0.15) is 0 Å². The number of fused-ring (bicyclic) bond motifs is 1. The number of nitrogens with one attached hydrogen (secondary N) is 1. The quantitative estimate of drug-likeness (QED) is 0.830. The van der Waals surface area contributed by atoms with Crippen molar-refractivity contribution in [2.45, 2.75) is 33.7 Å². The summed E-state index contributed by atoms with van der Waals surface area (Å²) in [5, 5.41) is 0. The third kappa shape index (κ3) is 2.79. The molecule has 1 aromatic carbocycles. The zero-order valence-corrected chi connectivity index (χ0v) is 13.2. The molecule has 5 heteroatoms. The summed E-state index contributed by atoms with van der Waals surface area (Å²) in [7, 11) is 0. The van der Waals surface area contributed by atoms with Gasteiger partial charge >= 0.3 is 0 Å². The van der Waals surface area contributed by atoms with Gasteiger partial charge in [-0.1, -0.05) is 13.8 Å². The lowest BCUT2D eigenvalue weighted by molar-refractivity contribution is 0.0974. The molecule has 3 nitrogen and oxygen atoms in total. The number of nitrogens with zero attached hydrogens (tertiary/aromatic N) is 1. The Kier molecular flexibility index (Phi) is 4.60. The van der Waals surface area contributed by atoms with E-state index in [0.29, 0.717) is 29.5 Å². The van der Waals surface area contributed by atoms with Crippen LogP contribution in [0.1, 0.15) is 32.4 Å². The molecule has 0 radical (unpaired) electrons. The van der Waals surface area contributed by atoms with Gasteiger partial charge in [0.15, 0.2) is 4.77 Å². The van der Waals surface area contributed by atoms with E-state index < -0.39 is 0 Å². The standard InChI is InChI=1S/C15H21FN2OS/c1-5-19-8-14(9(2)3)18-13-6-10(4)11(16)7-12(13)17-15(18)20/h6-7,9,14H,5,8H2,1-4H3,(H,17,20). The smallest absolute Gasteiger partial charge is 0.178 e. The van der Waals surface area contributed by atoms with Gasteiger partial charge in [0.25, 0.3) is 0 Å². The molecule has 1 aromatic heterocycles. The molecule has 0 aliphatic heterocycles. The molecule has 0 spiro atoms. The van der Waals surface area contributed by atoms with Crippen molar-refractivity contribution in [1.82, 2.24) is 9.55 Å². The molecule has 0 aliphatic carbocycles. The molecule has 1 unspecified atom stereocenters. The van der Waals surface area contributed by atoms with Gasteiger partial charge in [-0.05, 0) is 49.7 Å². The van der Waals surface area contributed by atoms with E-state index in [4.69, 9.17) is 17.0 Å². The number of halogens is 1. The van der Waals surface area contributed by atoms with Gasteiger partial charge in [0.1, 0.15) is 5.82 Å². The first-order chi connectivity index (χ1) is 9.45. The Bertz CT molecular complexity index is 660. The molecule has 1 heterocycles. The second kappa shape index (κ2) is 6.06. The van der Waals surface area contributed by atoms with Crippen LogP contribution in [0.4, 0.5) is 4.39 Å². The highest BCUT2D eigenvalue weighted by Crippen LogP contribution is 2.26. The number of imidazole rings is 1. The van der Waals surface area contributed by atoms with E-state index in [9.17, 15) is 4.39 Å². The average molecular weight is 296 g/mol. The number of ether oxygens (including phenoxy) is 1. The Morgan fingerprint density at radius 1 is 1.40 bits per heavy atom. The lowest BCUT2D eigenvalue weighted by Gasteiger charge is -2.23. The number of H-pyrrole nitrogens is 1. The lowest BCUT2D eigenvalue weighted by Crippen LogP contribution is -2.21. The fourth-order valence-corrected chi connectivity index (χ4v) is 2.73. The van der Waals surface area contributed by atoms with Crippen LogP contribution in [0, 0.1) is 23.4 Å². The fraction of sp³-hybridized carbons (Fsp3) is 0.533. The minimum absolute atomic E-state index is 0.140. The van der Waals surface area contributed by atoms with Crippen LogP contribution in [-0.4, -0.2) is 22.8 Å². The Morgan fingerprint density at radius 3 is 2.70 bits per heavy atom. The van der Waals surface area contributed by atoms with Gasteiger partial charge in [0.2, 0.25) is 0 Å². The molecule has 0 aliphatic rings. The van der Waals surface area contributed by atoms with E-state index in [0.717, 1.165) is 11.0 Å². The second-order valence-electron chi connectivity index (χ2n) is 5.39. The zero-order chi connectivity index (χ0) is 14.9. The minimum atomic E-state index is -0.216. The molecule has 0 saturated carbocycles. The summed E-state index contributed by atoms with van der Waals surface area (Å²) in [6.45, 7) is 9.30. The highest BCUT2D eigenvalue weighted by atomic mass is 32.1. The third-order valence-electron chi connectivity index (χ3n) is 3.59. The van der Waals surface area contributed by atoms with Crippen molar-refractivity contribution in [3.05, 3.63) is 28.3 Å². The largest absolute Gasteiger partial charge is 0.380 e. The third-order valence-corrected chi connectivity index (χ3v) is 3.89. The number of benzene rings is 1. The first-order valence-electron chi connectivity index (χ1n) is 6.93. The summed E-state index contributed by atoms with van der Waals surface area (Å²) in [4.78, 5) is 3.09. The minimum Gasteiger partial charge on any atom is -0.380 e. The van der Waals surface area contributed by atoms with Crippen molar-refractivity contribution in [3.63, 3.8) is 0 Å². The van der Waals surface area contributed by atoms with Crippen molar-refractivity contribution >= 4 is 23.3 Å². The first kappa shape index (κ1) is 15.2. The molecule has 1 atom stereocenters. The highest BCUT2D eigenvalue weighted by Gasteiger charge is 2.20. The molecule has 2 rings (SSSR count). The Balaban J connectivity index is 2.59. The summed E-state index contributed by atoms with van der Waals surface area (Å²) in [6.07, 6.45) is 0. The molecule has 2 aromatic rings. The SMILES string of the molecule is CCOCC(C(C)C)n1c(=S)[nH]c2cc(F)c(C)cc21. The van der Waals surface area contributed by atoms with Crippen molar-refractivity contribution in [3.8, 4) is 0 Å². The predicted molar refractivity (Wildman–Crippen MR) is 82.2 cm³/mol. The Labute approximate surface area is 123 Å². The molecule has 0 bridgehead atoms. The Hall–Kier alpha value is -1.20. The predicted octanol–water partition coefficient (Wildman–Crippen LogP) is 4.38. The van der Waals surface area contributed by atoms with E-state index in [1.165, 1.54) is 6.07 Å². The second-order valence-corrected chi connectivity index (χ2v) is 5.78. The molecule has 0 amide bonds. The maximum absolute atomic E-state index is 13.7. The first-order valence-corrected chi connectivity index (χ1v) is 7.34. The number of aromatic amines is 1. The summed E-state index contributed by atoms with van der Waals surface area (Å²) >= 11 is 5.41. The maximum Gasteiger partial charge on any atom is 0.178 e. The molecular formula is C15H21FN2OS. The van der Waals surface area contributed by atoms with Crippen LogP contribution in [0.25, 0.3) is 11.0 Å². The van der Waals surface area contributed by atoms with Crippen LogP contribution in [0.15, 0.2) is 12.1 Å². The highest BCUT2D eigenvalue weighted by molar-refractivity contribution is 7.71. The lowest BCUT2D eigenvalue weighted by atomic mass is 10.0. The molecular weight excluding hydrogens is 275 g/mol. The number of aromatic nitrogens is 2. The van der Waals surface area contributed by atoms with Gasteiger partial charge in [0, 0.05) is 6.61 Å². The average Bonchev–Trinajstić information content (AvgIpc) is 2.67. The van der Waals surface area contributed by atoms with Gasteiger partial charge < -0.3 is 14.3 Å². The van der Waals surface area contributed by atoms with Crippen molar-refractivity contribution < 1.29 is 9.13 Å². The molecule has 1 N–H and O–H groups in total. The van der Waals surface area contributed by atoms with Crippen LogP contribution < -0.4 is 0 Å². The van der Waals surface area contributed by atoms with Gasteiger partial charge in [-0.15, -0.1) is 0 Å². The monoisotopic (exact) mass is 296 g/mol. The fourth-order valence-electron chi connectivity index (χ4n) is 2.38. The number of aryl methyl sites for hydroxylation is 1. The maximum atomic E-state index is 13.7. The number of hydrogen-bond acceptors (Lipinski definition) is 2. The Morgan fingerprint density at radius 2 is 2.10 bits per heavy atom. The zero-order valence-electron chi connectivity index (χ0n) is 12.4. The molecule has 0 fully saturated rings. The van der Waals surface area contributed by atoms with Crippen LogP contribution in [-0.2, 0) is 4.74 Å². The van der Waals surface area contributed by atoms with E-state index in [2.05, 4.69) is 23.4 Å². The van der Waals surface area contributed by atoms with Crippen molar-refractivity contribution in [2.24, 2.45) is 5.92 Å². The van der Waals surface area contributed by atoms with Gasteiger partial charge in [0.05, 0.1) is 23.7 Å². The number of rotatable bonds is 5. The summed E-state index contributed by atoms with van der Waals surface area (Å²) in [5.74, 6) is 0.157. The molecule has 0 saturated heterocycles. The van der Waals surface area contributed by atoms with Crippen LogP contribution >= 0.6 is 12.2 Å². The van der Waals surface area contributed by atoms with Crippen LogP contribution in [0.3, 0.4) is 0 Å². The summed E-state index contributed by atoms with van der Waals surface area (Å²) < 4.78 is 21.9. The molecule has 20 heavy (non-hydrogen) atoms. The summed E-state index contributed by atoms with van der Waals surface area (Å²) in [5.41, 5.74) is 2.30. The van der Waals surface area contributed by atoms with Crippen LogP contribution in [0.2, 0.25) is 0 Å². The van der Waals surface area contributed by atoms with Gasteiger partial charge in [-0.3, -0.25) is 0 Å². The van der Waals surface area contributed by atoms with E-state index in [-0.39, 0.29) is 11.9 Å². The van der Waals surface area contributed by atoms with Gasteiger partial charge in [-0.25, -0.2) is 4.39 Å². The number of hydrogen-bond donors (Lipinski definition) is 1. The topological polar surface area (TPSA) is 29.9 Å². The van der Waals surface area contributed by atoms with Crippen molar-refractivity contribution in [1.29, 1.82) is 0 Å². The van der Waals surface area contributed by atoms with E-state index in [1.54, 1.807) is 6.92 Å². The molecule has 110 valence electrons. The van der Waals surface area contributed by atoms with Crippen LogP contribution in [0.5, 0.6) is 0 Å². The summed E-state index contributed by atoms with van der Waals surface area (Å²) in [6, 6.07) is 3.49. The van der Waals surface area contributed by atoms with Crippen molar-refractivity contribution in [2.75, 3.05) is 13.2 Å². The van der Waals surface area contributed by atoms with E-state index in [1.807, 2.05) is 13.0 Å². The normalized spacial score (nSPS) is 13.3. The van der Waals surface area contributed by atoms with E-state index >= 15 is 0 Å².